The largest absolute Gasteiger partial charge is 0.492 e. The van der Waals surface area contributed by atoms with Gasteiger partial charge < -0.3 is 25.2 Å². The van der Waals surface area contributed by atoms with Gasteiger partial charge in [-0.1, -0.05) is 31.4 Å². The predicted octanol–water partition coefficient (Wildman–Crippen LogP) is 1.27. The summed E-state index contributed by atoms with van der Waals surface area (Å²) in [5, 5.41) is 5.94. The van der Waals surface area contributed by atoms with Crippen LogP contribution in [0.15, 0.2) is 24.3 Å². The van der Waals surface area contributed by atoms with Crippen molar-refractivity contribution in [2.24, 2.45) is 0 Å². The van der Waals surface area contributed by atoms with Gasteiger partial charge in [0.05, 0.1) is 45.5 Å². The van der Waals surface area contributed by atoms with Crippen LogP contribution >= 0.6 is 0 Å². The molecule has 0 radical (unpaired) electrons. The molecule has 7 heteroatoms. The minimum absolute atomic E-state index is 0.0768. The lowest BCUT2D eigenvalue weighted by atomic mass is 9.80. The molecule has 1 aliphatic carbocycles. The van der Waals surface area contributed by atoms with Crippen molar-refractivity contribution in [2.45, 2.75) is 44.6 Å². The summed E-state index contributed by atoms with van der Waals surface area (Å²) in [5.74, 6) is 0.708. The molecule has 1 heterocycles. The Labute approximate surface area is 167 Å². The third-order valence-corrected chi connectivity index (χ3v) is 5.81. The first-order valence-corrected chi connectivity index (χ1v) is 10.5. The molecule has 0 atom stereocenters. The molecule has 3 amide bonds. The molecule has 3 rings (SSSR count). The van der Waals surface area contributed by atoms with Gasteiger partial charge in [0, 0.05) is 0 Å². The maximum absolute atomic E-state index is 13.4. The molecular weight excluding hydrogens is 356 g/mol. The van der Waals surface area contributed by atoms with Crippen molar-refractivity contribution in [2.75, 3.05) is 45.2 Å². The van der Waals surface area contributed by atoms with Gasteiger partial charge in [0.2, 0.25) is 5.91 Å². The van der Waals surface area contributed by atoms with Gasteiger partial charge in [-0.3, -0.25) is 4.79 Å². The number of piperazine rings is 1. The van der Waals surface area contributed by atoms with Gasteiger partial charge in [0.25, 0.3) is 0 Å². The zero-order valence-corrected chi connectivity index (χ0v) is 17.1. The van der Waals surface area contributed by atoms with Crippen molar-refractivity contribution in [3.63, 3.8) is 0 Å². The lowest BCUT2D eigenvalue weighted by molar-refractivity contribution is -0.883. The summed E-state index contributed by atoms with van der Waals surface area (Å²) in [4.78, 5) is 29.6. The highest BCUT2D eigenvalue weighted by molar-refractivity contribution is 5.97. The molecule has 0 unspecified atom stereocenters. The summed E-state index contributed by atoms with van der Waals surface area (Å²) >= 11 is 0. The summed E-state index contributed by atoms with van der Waals surface area (Å²) in [7, 11) is 2.15. The van der Waals surface area contributed by atoms with E-state index >= 15 is 0 Å². The second-order valence-corrected chi connectivity index (χ2v) is 7.90. The zero-order valence-electron chi connectivity index (χ0n) is 17.1. The zero-order chi connectivity index (χ0) is 20.0. The molecule has 1 aromatic rings. The first kappa shape index (κ1) is 20.5. The Bertz CT molecular complexity index is 680. The van der Waals surface area contributed by atoms with E-state index in [4.69, 9.17) is 4.74 Å². The molecule has 1 aliphatic heterocycles. The van der Waals surface area contributed by atoms with E-state index in [0.717, 1.165) is 45.4 Å². The van der Waals surface area contributed by atoms with Crippen LogP contribution in [0.5, 0.6) is 5.75 Å². The van der Waals surface area contributed by atoms with E-state index in [0.29, 0.717) is 30.9 Å². The van der Waals surface area contributed by atoms with Gasteiger partial charge in [0.15, 0.2) is 0 Å². The van der Waals surface area contributed by atoms with Crippen molar-refractivity contribution >= 4 is 17.6 Å². The van der Waals surface area contributed by atoms with E-state index in [2.05, 4.69) is 17.7 Å². The fraction of sp³-hybridized carbons (Fsp3) is 0.619. The first-order chi connectivity index (χ1) is 13.5. The molecule has 0 spiro atoms. The third kappa shape index (κ3) is 4.76. The number of benzene rings is 1. The third-order valence-electron chi connectivity index (χ3n) is 5.81. The number of carbonyl (C=O) groups excluding carboxylic acids is 2. The van der Waals surface area contributed by atoms with Crippen LogP contribution in [0.1, 0.15) is 39.0 Å². The number of quaternary nitrogens is 1. The van der Waals surface area contributed by atoms with Crippen molar-refractivity contribution in [3.8, 4) is 5.75 Å². The Morgan fingerprint density at radius 3 is 2.50 bits per heavy atom. The molecule has 2 aliphatic rings. The van der Waals surface area contributed by atoms with Crippen LogP contribution in [0.3, 0.4) is 0 Å². The molecule has 1 aromatic carbocycles. The van der Waals surface area contributed by atoms with Crippen molar-refractivity contribution < 1.29 is 19.2 Å². The fourth-order valence-electron chi connectivity index (χ4n) is 4.16. The first-order valence-electron chi connectivity index (χ1n) is 10.5. The molecule has 1 saturated heterocycles. The highest BCUT2D eigenvalue weighted by atomic mass is 16.5. The number of ether oxygens (including phenoxy) is 1. The van der Waals surface area contributed by atoms with Crippen LogP contribution < -0.4 is 20.3 Å². The van der Waals surface area contributed by atoms with Crippen LogP contribution in [0.2, 0.25) is 0 Å². The smallest absolute Gasteiger partial charge is 0.320 e. The number of hydrogen-bond acceptors (Lipinski definition) is 3. The number of likely N-dealkylation sites (N-methyl/N-ethyl adjacent to an activating group) is 1. The maximum Gasteiger partial charge on any atom is 0.320 e. The number of hydrogen-bond donors (Lipinski definition) is 3. The Hall–Kier alpha value is -2.28. The van der Waals surface area contributed by atoms with E-state index < -0.39 is 5.54 Å². The van der Waals surface area contributed by atoms with Crippen LogP contribution in [0, 0.1) is 0 Å². The molecule has 7 nitrogen and oxygen atoms in total. The number of rotatable bonds is 5. The Morgan fingerprint density at radius 2 is 1.82 bits per heavy atom. The average molecular weight is 390 g/mol. The molecule has 3 N–H and O–H groups in total. The van der Waals surface area contributed by atoms with Crippen LogP contribution in [0.25, 0.3) is 0 Å². The average Bonchev–Trinajstić information content (AvgIpc) is 2.70. The number of anilines is 1. The lowest BCUT2D eigenvalue weighted by Crippen LogP contribution is -3.12. The number of nitrogens with one attached hydrogen (secondary N) is 3. The fourth-order valence-corrected chi connectivity index (χ4v) is 4.16. The van der Waals surface area contributed by atoms with Gasteiger partial charge >= 0.3 is 6.03 Å². The van der Waals surface area contributed by atoms with Crippen molar-refractivity contribution in [1.29, 1.82) is 0 Å². The Morgan fingerprint density at radius 1 is 1.14 bits per heavy atom. The molecule has 0 aromatic heterocycles. The second kappa shape index (κ2) is 9.28. The minimum atomic E-state index is -0.797. The minimum Gasteiger partial charge on any atom is -0.492 e. The molecule has 154 valence electrons. The summed E-state index contributed by atoms with van der Waals surface area (Å²) in [6.07, 6.45) is 4.43. The summed E-state index contributed by atoms with van der Waals surface area (Å²) in [5.41, 5.74) is -0.183. The number of amides is 3. The monoisotopic (exact) mass is 389 g/mol. The van der Waals surface area contributed by atoms with Gasteiger partial charge in [-0.15, -0.1) is 0 Å². The molecule has 28 heavy (non-hydrogen) atoms. The number of carbonyl (C=O) groups is 2. The number of urea groups is 1. The van der Waals surface area contributed by atoms with Crippen molar-refractivity contribution in [3.05, 3.63) is 24.3 Å². The highest BCUT2D eigenvalue weighted by Gasteiger charge is 2.44. The summed E-state index contributed by atoms with van der Waals surface area (Å²) in [6.45, 7) is 5.84. The standard InChI is InChI=1S/C21H32N4O3/c1-3-28-18-10-6-5-9-17(18)22-20(27)23-21(11-7-4-8-12-21)19(26)25-15-13-24(2)14-16-25/h5-6,9-10H,3-4,7-8,11-16H2,1-2H3,(H2,22,23,27)/p+1. The van der Waals surface area contributed by atoms with Crippen LogP contribution in [-0.4, -0.2) is 62.2 Å². The van der Waals surface area contributed by atoms with Gasteiger partial charge in [-0.25, -0.2) is 4.79 Å². The quantitative estimate of drug-likeness (QED) is 0.710. The van der Waals surface area contributed by atoms with Gasteiger partial charge in [-0.05, 0) is 31.9 Å². The number of para-hydroxylation sites is 2. The predicted molar refractivity (Wildman–Crippen MR) is 109 cm³/mol. The topological polar surface area (TPSA) is 75.1 Å². The van der Waals surface area contributed by atoms with Crippen molar-refractivity contribution in [1.82, 2.24) is 10.2 Å². The van der Waals surface area contributed by atoms with E-state index in [1.165, 1.54) is 4.90 Å². The molecule has 2 fully saturated rings. The molecule has 0 bridgehead atoms. The maximum atomic E-state index is 13.4. The highest BCUT2D eigenvalue weighted by Crippen LogP contribution is 2.31. The molecule has 1 saturated carbocycles. The number of nitrogens with zero attached hydrogens (tertiary/aromatic N) is 1. The van der Waals surface area contributed by atoms with E-state index in [-0.39, 0.29) is 11.9 Å². The second-order valence-electron chi connectivity index (χ2n) is 7.90. The summed E-state index contributed by atoms with van der Waals surface area (Å²) in [6, 6.07) is 7.01. The lowest BCUT2D eigenvalue weighted by Gasteiger charge is -2.41. The normalized spacial score (nSPS) is 19.7. The van der Waals surface area contributed by atoms with E-state index in [1.54, 1.807) is 0 Å². The van der Waals surface area contributed by atoms with Gasteiger partial charge in [-0.2, -0.15) is 0 Å². The Balaban J connectivity index is 1.71. The molecular formula is C21H33N4O3+. The van der Waals surface area contributed by atoms with E-state index in [9.17, 15) is 9.59 Å². The van der Waals surface area contributed by atoms with Crippen LogP contribution in [-0.2, 0) is 4.79 Å². The van der Waals surface area contributed by atoms with E-state index in [1.807, 2.05) is 36.1 Å². The SMILES string of the molecule is CCOc1ccccc1NC(=O)NC1(C(=O)N2CC[NH+](C)CC2)CCCCC1. The van der Waals surface area contributed by atoms with Crippen LogP contribution in [0.4, 0.5) is 10.5 Å². The van der Waals surface area contributed by atoms with Gasteiger partial charge in [0.1, 0.15) is 11.3 Å². The summed E-state index contributed by atoms with van der Waals surface area (Å²) < 4.78 is 5.59. The Kier molecular flexibility index (Phi) is 6.78.